The van der Waals surface area contributed by atoms with E-state index in [1.165, 1.54) is 6.92 Å². The number of hydrogen-bond acceptors (Lipinski definition) is 3. The number of rotatable bonds is 4. The lowest BCUT2D eigenvalue weighted by atomic mass is 9.94. The van der Waals surface area contributed by atoms with E-state index in [1.807, 2.05) is 0 Å². The summed E-state index contributed by atoms with van der Waals surface area (Å²) in [6.45, 7) is 3.17. The van der Waals surface area contributed by atoms with Crippen LogP contribution in [0.3, 0.4) is 0 Å². The Bertz CT molecular complexity index is 424. The van der Waals surface area contributed by atoms with E-state index in [9.17, 15) is 14.4 Å². The Kier molecular flexibility index (Phi) is 5.20. The summed E-state index contributed by atoms with van der Waals surface area (Å²) in [6.07, 6.45) is 4.12. The summed E-state index contributed by atoms with van der Waals surface area (Å²) < 4.78 is 0. The highest BCUT2D eigenvalue weighted by Gasteiger charge is 2.34. The zero-order chi connectivity index (χ0) is 15.4. The maximum absolute atomic E-state index is 12.2. The van der Waals surface area contributed by atoms with Crippen LogP contribution in [0, 0.1) is 17.8 Å². The Labute approximate surface area is 124 Å². The van der Waals surface area contributed by atoms with Gasteiger partial charge in [-0.2, -0.15) is 0 Å². The Hall–Kier alpha value is -1.59. The Morgan fingerprint density at radius 2 is 1.95 bits per heavy atom. The number of carbonyl (C=O) groups is 3. The van der Waals surface area contributed by atoms with E-state index < -0.39 is 5.97 Å². The lowest BCUT2D eigenvalue weighted by molar-refractivity contribution is -0.143. The maximum atomic E-state index is 12.2. The predicted molar refractivity (Wildman–Crippen MR) is 76.5 cm³/mol. The van der Waals surface area contributed by atoms with Gasteiger partial charge in [0.05, 0.1) is 11.8 Å². The Morgan fingerprint density at radius 3 is 2.62 bits per heavy atom. The molecule has 0 aromatic heterocycles. The van der Waals surface area contributed by atoms with Crippen molar-refractivity contribution in [2.24, 2.45) is 17.8 Å². The monoisotopic (exact) mass is 296 g/mol. The minimum absolute atomic E-state index is 0.00855. The first-order valence-corrected chi connectivity index (χ1v) is 7.75. The fraction of sp³-hybridized carbons (Fsp3) is 0.800. The van der Waals surface area contributed by atoms with Crippen LogP contribution in [0.2, 0.25) is 0 Å². The normalized spacial score (nSPS) is 29.2. The van der Waals surface area contributed by atoms with Gasteiger partial charge in [-0.3, -0.25) is 14.4 Å². The first kappa shape index (κ1) is 15.8. The second-order valence-electron chi connectivity index (χ2n) is 6.19. The van der Waals surface area contributed by atoms with Crippen molar-refractivity contribution in [2.75, 3.05) is 19.6 Å². The highest BCUT2D eigenvalue weighted by Crippen LogP contribution is 2.31. The SMILES string of the molecule is CC(=O)N1CCCC(C(=O)NCC2CCCC2C(=O)O)C1. The molecule has 1 saturated carbocycles. The minimum Gasteiger partial charge on any atom is -0.481 e. The van der Waals surface area contributed by atoms with E-state index in [1.54, 1.807) is 4.90 Å². The van der Waals surface area contributed by atoms with Gasteiger partial charge in [0.1, 0.15) is 0 Å². The zero-order valence-corrected chi connectivity index (χ0v) is 12.5. The van der Waals surface area contributed by atoms with Gasteiger partial charge >= 0.3 is 5.97 Å². The second kappa shape index (κ2) is 6.91. The van der Waals surface area contributed by atoms with Crippen molar-refractivity contribution in [1.29, 1.82) is 0 Å². The number of amides is 2. The number of aliphatic carboxylic acids is 1. The fourth-order valence-corrected chi connectivity index (χ4v) is 3.46. The first-order valence-electron chi connectivity index (χ1n) is 7.75. The summed E-state index contributed by atoms with van der Waals surface area (Å²) in [7, 11) is 0. The molecule has 1 heterocycles. The van der Waals surface area contributed by atoms with Crippen molar-refractivity contribution < 1.29 is 19.5 Å². The van der Waals surface area contributed by atoms with Crippen molar-refractivity contribution in [2.45, 2.75) is 39.0 Å². The number of carboxylic acid groups (broad SMARTS) is 1. The molecule has 1 aliphatic carbocycles. The van der Waals surface area contributed by atoms with Gasteiger partial charge in [0, 0.05) is 26.6 Å². The van der Waals surface area contributed by atoms with E-state index >= 15 is 0 Å². The van der Waals surface area contributed by atoms with Gasteiger partial charge in [-0.25, -0.2) is 0 Å². The number of nitrogens with one attached hydrogen (secondary N) is 1. The van der Waals surface area contributed by atoms with E-state index in [2.05, 4.69) is 5.32 Å². The average Bonchev–Trinajstić information content (AvgIpc) is 2.93. The molecule has 2 aliphatic rings. The lowest BCUT2D eigenvalue weighted by Crippen LogP contribution is -2.45. The predicted octanol–water partition coefficient (Wildman–Crippen LogP) is 0.862. The van der Waals surface area contributed by atoms with Gasteiger partial charge in [-0.05, 0) is 31.6 Å². The highest BCUT2D eigenvalue weighted by molar-refractivity contribution is 5.80. The largest absolute Gasteiger partial charge is 0.481 e. The Balaban J connectivity index is 1.81. The smallest absolute Gasteiger partial charge is 0.306 e. The van der Waals surface area contributed by atoms with Crippen LogP contribution in [0.25, 0.3) is 0 Å². The molecule has 6 nitrogen and oxygen atoms in total. The number of piperidine rings is 1. The minimum atomic E-state index is -0.757. The van der Waals surface area contributed by atoms with E-state index in [4.69, 9.17) is 5.11 Å². The molecule has 0 aromatic rings. The molecule has 2 N–H and O–H groups in total. The summed E-state index contributed by atoms with van der Waals surface area (Å²) in [5.74, 6) is -1.24. The third-order valence-electron chi connectivity index (χ3n) is 4.75. The fourth-order valence-electron chi connectivity index (χ4n) is 3.46. The standard InChI is InChI=1S/C15H24N2O4/c1-10(18)17-7-3-5-12(9-17)14(19)16-8-11-4-2-6-13(11)15(20)21/h11-13H,2-9H2,1H3,(H,16,19)(H,20,21). The maximum Gasteiger partial charge on any atom is 0.306 e. The molecule has 118 valence electrons. The van der Waals surface area contributed by atoms with Crippen LogP contribution >= 0.6 is 0 Å². The average molecular weight is 296 g/mol. The van der Waals surface area contributed by atoms with Crippen LogP contribution in [-0.2, 0) is 14.4 Å². The van der Waals surface area contributed by atoms with Crippen LogP contribution in [0.5, 0.6) is 0 Å². The molecule has 0 radical (unpaired) electrons. The molecule has 2 amide bonds. The summed E-state index contributed by atoms with van der Waals surface area (Å²) >= 11 is 0. The summed E-state index contributed by atoms with van der Waals surface area (Å²) in [4.78, 5) is 36.4. The molecular weight excluding hydrogens is 272 g/mol. The van der Waals surface area contributed by atoms with Crippen molar-refractivity contribution in [3.63, 3.8) is 0 Å². The third kappa shape index (κ3) is 3.95. The van der Waals surface area contributed by atoms with E-state index in [0.717, 1.165) is 32.2 Å². The van der Waals surface area contributed by atoms with E-state index in [0.29, 0.717) is 19.5 Å². The number of likely N-dealkylation sites (tertiary alicyclic amines) is 1. The first-order chi connectivity index (χ1) is 9.99. The molecule has 0 spiro atoms. The van der Waals surface area contributed by atoms with E-state index in [-0.39, 0.29) is 29.6 Å². The highest BCUT2D eigenvalue weighted by atomic mass is 16.4. The zero-order valence-electron chi connectivity index (χ0n) is 12.5. The quantitative estimate of drug-likeness (QED) is 0.805. The van der Waals surface area contributed by atoms with Crippen LogP contribution in [0.15, 0.2) is 0 Å². The number of nitrogens with zero attached hydrogens (tertiary/aromatic N) is 1. The van der Waals surface area contributed by atoms with Crippen LogP contribution in [0.1, 0.15) is 39.0 Å². The van der Waals surface area contributed by atoms with Gasteiger partial charge in [-0.1, -0.05) is 6.42 Å². The molecule has 1 aliphatic heterocycles. The van der Waals surface area contributed by atoms with Gasteiger partial charge in [0.15, 0.2) is 0 Å². The van der Waals surface area contributed by atoms with Crippen LogP contribution in [-0.4, -0.2) is 47.4 Å². The molecule has 3 atom stereocenters. The molecule has 2 rings (SSSR count). The van der Waals surface area contributed by atoms with Gasteiger partial charge in [0.25, 0.3) is 0 Å². The molecule has 3 unspecified atom stereocenters. The van der Waals surface area contributed by atoms with Gasteiger partial charge in [0.2, 0.25) is 11.8 Å². The van der Waals surface area contributed by atoms with Crippen molar-refractivity contribution in [1.82, 2.24) is 10.2 Å². The van der Waals surface area contributed by atoms with Crippen molar-refractivity contribution in [3.05, 3.63) is 0 Å². The molecular formula is C15H24N2O4. The molecule has 1 saturated heterocycles. The van der Waals surface area contributed by atoms with Crippen molar-refractivity contribution >= 4 is 17.8 Å². The topological polar surface area (TPSA) is 86.7 Å². The molecule has 6 heteroatoms. The van der Waals surface area contributed by atoms with Gasteiger partial charge in [-0.15, -0.1) is 0 Å². The molecule has 2 fully saturated rings. The van der Waals surface area contributed by atoms with Crippen LogP contribution in [0.4, 0.5) is 0 Å². The molecule has 21 heavy (non-hydrogen) atoms. The molecule has 0 aromatic carbocycles. The third-order valence-corrected chi connectivity index (χ3v) is 4.75. The van der Waals surface area contributed by atoms with Crippen molar-refractivity contribution in [3.8, 4) is 0 Å². The summed E-state index contributed by atoms with van der Waals surface area (Å²) in [5.41, 5.74) is 0. The Morgan fingerprint density at radius 1 is 1.19 bits per heavy atom. The summed E-state index contributed by atoms with van der Waals surface area (Å²) in [5, 5.41) is 12.0. The van der Waals surface area contributed by atoms with Gasteiger partial charge < -0.3 is 15.3 Å². The molecule has 0 bridgehead atoms. The number of hydrogen-bond donors (Lipinski definition) is 2. The summed E-state index contributed by atoms with van der Waals surface area (Å²) in [6, 6.07) is 0. The number of carboxylic acids is 1. The van der Waals surface area contributed by atoms with Crippen LogP contribution < -0.4 is 5.32 Å². The lowest BCUT2D eigenvalue weighted by Gasteiger charge is -2.31. The second-order valence-corrected chi connectivity index (χ2v) is 6.19. The number of carbonyl (C=O) groups excluding carboxylic acids is 2.